The van der Waals surface area contributed by atoms with E-state index in [9.17, 15) is 14.4 Å². The standard InChI is InChI=1S/C28H22Cl2FNO3/c1-28(2)21(15-22(30)17-8-11-19(29)12-9-17)26(28)27(33)35-25(16-32)18-10-13-23(31)24(14-18)34-20-6-4-3-5-7-20/h3-15,21,25-26H,1-2H3/b22-15+/t21-,25-,26+/m0/s1. The number of esters is 1. The normalized spacial score (nSPS) is 19.4. The quantitative estimate of drug-likeness (QED) is 0.303. The summed E-state index contributed by atoms with van der Waals surface area (Å²) in [5.41, 5.74) is 0.713. The highest BCUT2D eigenvalue weighted by atomic mass is 35.5. The molecule has 1 aliphatic carbocycles. The van der Waals surface area contributed by atoms with Crippen LogP contribution in [0, 0.1) is 34.4 Å². The first-order chi connectivity index (χ1) is 16.7. The van der Waals surface area contributed by atoms with E-state index in [-0.39, 0.29) is 11.7 Å². The van der Waals surface area contributed by atoms with Crippen LogP contribution < -0.4 is 4.74 Å². The number of allylic oxidation sites excluding steroid dienone is 1. The number of hydrogen-bond acceptors (Lipinski definition) is 4. The second-order valence-electron chi connectivity index (χ2n) is 8.90. The van der Waals surface area contributed by atoms with Gasteiger partial charge in [0.05, 0.1) is 5.92 Å². The number of halogens is 3. The van der Waals surface area contributed by atoms with Crippen LogP contribution in [0.25, 0.3) is 5.03 Å². The molecule has 0 radical (unpaired) electrons. The summed E-state index contributed by atoms with van der Waals surface area (Å²) in [5, 5.41) is 10.8. The lowest BCUT2D eigenvalue weighted by Crippen LogP contribution is -2.14. The average Bonchev–Trinajstić information content (AvgIpc) is 3.39. The first-order valence-corrected chi connectivity index (χ1v) is 11.7. The van der Waals surface area contributed by atoms with E-state index in [0.29, 0.717) is 21.4 Å². The maximum Gasteiger partial charge on any atom is 0.311 e. The summed E-state index contributed by atoms with van der Waals surface area (Å²) in [6, 6.07) is 21.7. The number of nitrogens with zero attached hydrogens (tertiary/aromatic N) is 1. The molecule has 4 rings (SSSR count). The van der Waals surface area contributed by atoms with Crippen molar-refractivity contribution in [1.29, 1.82) is 5.26 Å². The van der Waals surface area contributed by atoms with Crippen LogP contribution in [0.1, 0.15) is 31.1 Å². The predicted octanol–water partition coefficient (Wildman–Crippen LogP) is 7.93. The number of carbonyl (C=O) groups is 1. The molecule has 35 heavy (non-hydrogen) atoms. The minimum absolute atomic E-state index is 0.0627. The largest absolute Gasteiger partial charge is 0.454 e. The van der Waals surface area contributed by atoms with Crippen LogP contribution in [-0.2, 0) is 9.53 Å². The van der Waals surface area contributed by atoms with Crippen molar-refractivity contribution in [3.05, 3.63) is 101 Å². The fourth-order valence-electron chi connectivity index (χ4n) is 4.04. The SMILES string of the molecule is CC1(C)[C@@H](/C=C(/Cl)c2ccc(Cl)cc2)[C@@H]1C(=O)O[C@@H](C#N)c1ccc(F)c(Oc2ccccc2)c1. The van der Waals surface area contributed by atoms with Crippen LogP contribution in [-0.4, -0.2) is 5.97 Å². The molecule has 0 heterocycles. The number of benzene rings is 3. The second kappa shape index (κ2) is 10.1. The topological polar surface area (TPSA) is 59.3 Å². The molecule has 1 saturated carbocycles. The Balaban J connectivity index is 1.49. The first-order valence-electron chi connectivity index (χ1n) is 11.0. The van der Waals surface area contributed by atoms with Gasteiger partial charge >= 0.3 is 5.97 Å². The zero-order chi connectivity index (χ0) is 25.2. The molecule has 7 heteroatoms. The van der Waals surface area contributed by atoms with Gasteiger partial charge in [0.1, 0.15) is 11.8 Å². The maximum atomic E-state index is 14.3. The van der Waals surface area contributed by atoms with Crippen molar-refractivity contribution in [1.82, 2.24) is 0 Å². The van der Waals surface area contributed by atoms with E-state index in [4.69, 9.17) is 32.7 Å². The van der Waals surface area contributed by atoms with Crippen LogP contribution in [0.4, 0.5) is 4.39 Å². The van der Waals surface area contributed by atoms with Crippen molar-refractivity contribution >= 4 is 34.2 Å². The molecule has 0 unspecified atom stereocenters. The Morgan fingerprint density at radius 3 is 2.46 bits per heavy atom. The van der Waals surface area contributed by atoms with E-state index < -0.39 is 29.2 Å². The Morgan fingerprint density at radius 2 is 1.80 bits per heavy atom. The second-order valence-corrected chi connectivity index (χ2v) is 9.74. The summed E-state index contributed by atoms with van der Waals surface area (Å²) in [6.45, 7) is 3.88. The molecule has 0 N–H and O–H groups in total. The number of nitriles is 1. The lowest BCUT2D eigenvalue weighted by Gasteiger charge is -2.14. The van der Waals surface area contributed by atoms with E-state index in [1.165, 1.54) is 18.2 Å². The van der Waals surface area contributed by atoms with E-state index in [1.54, 1.807) is 48.5 Å². The summed E-state index contributed by atoms with van der Waals surface area (Å²) >= 11 is 12.4. The van der Waals surface area contributed by atoms with Gasteiger partial charge in [0.2, 0.25) is 6.10 Å². The third-order valence-corrected chi connectivity index (χ3v) is 6.79. The fourth-order valence-corrected chi connectivity index (χ4v) is 4.42. The Bertz CT molecular complexity index is 1300. The van der Waals surface area contributed by atoms with Gasteiger partial charge in [0, 0.05) is 15.6 Å². The fraction of sp³-hybridized carbons (Fsp3) is 0.214. The van der Waals surface area contributed by atoms with Gasteiger partial charge in [-0.15, -0.1) is 0 Å². The molecule has 4 nitrogen and oxygen atoms in total. The van der Waals surface area contributed by atoms with Crippen molar-refractivity contribution < 1.29 is 18.7 Å². The highest BCUT2D eigenvalue weighted by Crippen LogP contribution is 2.60. The van der Waals surface area contributed by atoms with Gasteiger partial charge in [0.15, 0.2) is 11.6 Å². The molecule has 3 atom stereocenters. The zero-order valence-corrected chi connectivity index (χ0v) is 20.6. The third-order valence-electron chi connectivity index (χ3n) is 6.19. The highest BCUT2D eigenvalue weighted by Gasteiger charge is 2.62. The van der Waals surface area contributed by atoms with E-state index in [0.717, 1.165) is 5.56 Å². The van der Waals surface area contributed by atoms with Crippen LogP contribution in [0.2, 0.25) is 5.02 Å². The highest BCUT2D eigenvalue weighted by molar-refractivity contribution is 6.48. The van der Waals surface area contributed by atoms with Crippen molar-refractivity contribution in [2.75, 3.05) is 0 Å². The predicted molar refractivity (Wildman–Crippen MR) is 133 cm³/mol. The zero-order valence-electron chi connectivity index (χ0n) is 19.0. The van der Waals surface area contributed by atoms with E-state index in [2.05, 4.69) is 0 Å². The average molecular weight is 510 g/mol. The molecule has 1 aliphatic rings. The molecule has 1 fully saturated rings. The maximum absolute atomic E-state index is 14.3. The van der Waals surface area contributed by atoms with Gasteiger partial charge in [-0.05, 0) is 53.3 Å². The van der Waals surface area contributed by atoms with E-state index in [1.807, 2.05) is 32.1 Å². The van der Waals surface area contributed by atoms with Crippen molar-refractivity contribution in [3.8, 4) is 17.6 Å². The molecular weight excluding hydrogens is 488 g/mol. The Labute approximate surface area is 213 Å². The molecule has 0 spiro atoms. The van der Waals surface area contributed by atoms with Gasteiger partial charge in [-0.2, -0.15) is 5.26 Å². The smallest absolute Gasteiger partial charge is 0.311 e. The Morgan fingerprint density at radius 1 is 1.11 bits per heavy atom. The van der Waals surface area contributed by atoms with Gasteiger partial charge in [-0.3, -0.25) is 4.79 Å². The minimum atomic E-state index is -1.21. The van der Waals surface area contributed by atoms with Gasteiger partial charge in [0.25, 0.3) is 0 Å². The molecule has 3 aromatic rings. The van der Waals surface area contributed by atoms with Gasteiger partial charge < -0.3 is 9.47 Å². The van der Waals surface area contributed by atoms with Gasteiger partial charge in [-0.25, -0.2) is 4.39 Å². The summed E-state index contributed by atoms with van der Waals surface area (Å²) < 4.78 is 25.5. The third kappa shape index (κ3) is 5.51. The van der Waals surface area contributed by atoms with Crippen molar-refractivity contribution in [2.45, 2.75) is 20.0 Å². The summed E-state index contributed by atoms with van der Waals surface area (Å²) in [6.07, 6.45) is 0.621. The Kier molecular flexibility index (Phi) is 7.16. The van der Waals surface area contributed by atoms with Gasteiger partial charge in [-0.1, -0.05) is 79.5 Å². The minimum Gasteiger partial charge on any atom is -0.454 e. The molecule has 0 saturated heterocycles. The molecule has 0 bridgehead atoms. The number of para-hydroxylation sites is 1. The first kappa shape index (κ1) is 24.8. The molecule has 3 aromatic carbocycles. The monoisotopic (exact) mass is 509 g/mol. The van der Waals surface area contributed by atoms with Crippen LogP contribution in [0.5, 0.6) is 11.5 Å². The Hall–Kier alpha value is -3.33. The molecule has 0 aliphatic heterocycles. The lowest BCUT2D eigenvalue weighted by molar-refractivity contribution is -0.149. The lowest BCUT2D eigenvalue weighted by atomic mass is 10.1. The molecule has 0 aromatic heterocycles. The molecule has 0 amide bonds. The molecular formula is C28H22Cl2FNO3. The summed E-state index contributed by atoms with van der Waals surface area (Å²) in [5.74, 6) is -1.36. The van der Waals surface area contributed by atoms with Crippen LogP contribution in [0.3, 0.4) is 0 Å². The van der Waals surface area contributed by atoms with Crippen LogP contribution >= 0.6 is 23.2 Å². The number of carbonyl (C=O) groups excluding carboxylic acids is 1. The van der Waals surface area contributed by atoms with Crippen molar-refractivity contribution in [2.24, 2.45) is 17.3 Å². The number of rotatable bonds is 7. The summed E-state index contributed by atoms with van der Waals surface area (Å²) in [4.78, 5) is 13.0. The van der Waals surface area contributed by atoms with Crippen molar-refractivity contribution in [3.63, 3.8) is 0 Å². The van der Waals surface area contributed by atoms with E-state index >= 15 is 0 Å². The molecule has 178 valence electrons. The summed E-state index contributed by atoms with van der Waals surface area (Å²) in [7, 11) is 0. The van der Waals surface area contributed by atoms with Crippen LogP contribution in [0.15, 0.2) is 78.9 Å². The number of hydrogen-bond donors (Lipinski definition) is 0. The number of ether oxygens (including phenoxy) is 2.